The number of aromatic nitrogens is 2. The number of aryl methyl sites for hydroxylation is 1. The van der Waals surface area contributed by atoms with Crippen LogP contribution in [0.25, 0.3) is 0 Å². The number of anilines is 1. The normalized spacial score (nSPS) is 17.4. The molecule has 1 aliphatic heterocycles. The highest BCUT2D eigenvalue weighted by atomic mass is 16.2. The van der Waals surface area contributed by atoms with Crippen molar-refractivity contribution in [2.24, 2.45) is 0 Å². The van der Waals surface area contributed by atoms with Gasteiger partial charge in [-0.05, 0) is 31.9 Å². The van der Waals surface area contributed by atoms with Gasteiger partial charge in [0, 0.05) is 37.8 Å². The van der Waals surface area contributed by atoms with E-state index in [1.807, 2.05) is 47.2 Å². The molecule has 0 aliphatic carbocycles. The summed E-state index contributed by atoms with van der Waals surface area (Å²) in [5.41, 5.74) is 1.68. The maximum atomic E-state index is 12.7. The van der Waals surface area contributed by atoms with Crippen molar-refractivity contribution >= 4 is 11.6 Å². The second kappa shape index (κ2) is 7.51. The van der Waals surface area contributed by atoms with E-state index in [0.717, 1.165) is 30.8 Å². The third-order valence-corrected chi connectivity index (χ3v) is 4.64. The number of benzene rings is 1. The number of nitrogens with one attached hydrogen (secondary N) is 1. The van der Waals surface area contributed by atoms with Crippen LogP contribution in [0.15, 0.2) is 41.2 Å². The molecule has 2 heterocycles. The maximum absolute atomic E-state index is 12.7. The molecule has 1 N–H and O–H groups in total. The molecule has 1 saturated heterocycles. The van der Waals surface area contributed by atoms with Crippen LogP contribution in [-0.4, -0.2) is 47.5 Å². The largest absolute Gasteiger partial charge is 0.365 e. The Labute approximate surface area is 147 Å². The van der Waals surface area contributed by atoms with Gasteiger partial charge in [0.05, 0.1) is 12.2 Å². The topological polar surface area (TPSA) is 69.3 Å². The van der Waals surface area contributed by atoms with Gasteiger partial charge in [0.1, 0.15) is 5.82 Å². The van der Waals surface area contributed by atoms with Gasteiger partial charge in [-0.2, -0.15) is 0 Å². The van der Waals surface area contributed by atoms with Gasteiger partial charge in [0.15, 0.2) is 0 Å². The number of carbonyl (C=O) groups excluding carboxylic acids is 1. The van der Waals surface area contributed by atoms with Crippen LogP contribution in [0.1, 0.15) is 30.3 Å². The molecule has 1 aromatic carbocycles. The van der Waals surface area contributed by atoms with E-state index in [1.165, 1.54) is 0 Å². The van der Waals surface area contributed by atoms with Gasteiger partial charge in [0.25, 0.3) is 5.56 Å². The number of H-pyrrole nitrogens is 1. The van der Waals surface area contributed by atoms with E-state index in [4.69, 9.17) is 0 Å². The third-order valence-electron chi connectivity index (χ3n) is 4.64. The number of nitrogens with zero attached hydrogens (tertiary/aromatic N) is 3. The fraction of sp³-hybridized carbons (Fsp3) is 0.421. The first kappa shape index (κ1) is 17.2. The van der Waals surface area contributed by atoms with Crippen molar-refractivity contribution in [1.82, 2.24) is 14.9 Å². The summed E-state index contributed by atoms with van der Waals surface area (Å²) in [6.45, 7) is 3.52. The molecular formula is C19H24N4O2. The lowest BCUT2D eigenvalue weighted by atomic mass is 9.94. The van der Waals surface area contributed by atoms with Gasteiger partial charge in [-0.15, -0.1) is 0 Å². The summed E-state index contributed by atoms with van der Waals surface area (Å²) < 4.78 is 0. The monoisotopic (exact) mass is 340 g/mol. The van der Waals surface area contributed by atoms with Crippen LogP contribution in [-0.2, 0) is 4.79 Å². The van der Waals surface area contributed by atoms with Gasteiger partial charge in [0.2, 0.25) is 5.91 Å². The number of piperidine rings is 1. The Balaban J connectivity index is 1.66. The van der Waals surface area contributed by atoms with Crippen LogP contribution >= 0.6 is 0 Å². The second-order valence-corrected chi connectivity index (χ2v) is 6.63. The standard InChI is InChI=1S/C19H24N4O2/c1-14-20-17(11-18(24)21-14)15-7-6-10-23(12-15)19(25)13-22(2)16-8-4-3-5-9-16/h3-5,8-9,11,15H,6-7,10,12-13H2,1-2H3,(H,20,21,24)/t15-/m1/s1. The summed E-state index contributed by atoms with van der Waals surface area (Å²) in [4.78, 5) is 35.4. The van der Waals surface area contributed by atoms with Crippen LogP contribution in [0.5, 0.6) is 0 Å². The first-order valence-corrected chi connectivity index (χ1v) is 8.65. The van der Waals surface area contributed by atoms with Crippen LogP contribution < -0.4 is 10.5 Å². The Morgan fingerprint density at radius 3 is 2.84 bits per heavy atom. The molecule has 1 atom stereocenters. The van der Waals surface area contributed by atoms with Gasteiger partial charge in [-0.1, -0.05) is 18.2 Å². The number of para-hydroxylation sites is 1. The lowest BCUT2D eigenvalue weighted by Gasteiger charge is -2.34. The van der Waals surface area contributed by atoms with Crippen LogP contribution in [0.2, 0.25) is 0 Å². The molecule has 0 saturated carbocycles. The summed E-state index contributed by atoms with van der Waals surface area (Å²) in [7, 11) is 1.93. The molecule has 1 aromatic heterocycles. The van der Waals surface area contributed by atoms with Crippen LogP contribution in [0, 0.1) is 6.92 Å². The summed E-state index contributed by atoms with van der Waals surface area (Å²) in [5.74, 6) is 0.855. The molecule has 3 rings (SSSR count). The van der Waals surface area contributed by atoms with E-state index in [1.54, 1.807) is 13.0 Å². The number of amides is 1. The van der Waals surface area contributed by atoms with E-state index in [9.17, 15) is 9.59 Å². The lowest BCUT2D eigenvalue weighted by Crippen LogP contribution is -2.44. The van der Waals surface area contributed by atoms with Crippen molar-refractivity contribution < 1.29 is 4.79 Å². The van der Waals surface area contributed by atoms with E-state index < -0.39 is 0 Å². The van der Waals surface area contributed by atoms with Crippen molar-refractivity contribution in [3.05, 3.63) is 58.3 Å². The average Bonchev–Trinajstić information content (AvgIpc) is 2.61. The lowest BCUT2D eigenvalue weighted by molar-refractivity contribution is -0.130. The zero-order valence-corrected chi connectivity index (χ0v) is 14.7. The molecule has 1 aliphatic rings. The smallest absolute Gasteiger partial charge is 0.251 e. The molecule has 2 aromatic rings. The second-order valence-electron chi connectivity index (χ2n) is 6.63. The Bertz CT molecular complexity index is 788. The molecule has 25 heavy (non-hydrogen) atoms. The van der Waals surface area contributed by atoms with Gasteiger partial charge in [-0.3, -0.25) is 9.59 Å². The Morgan fingerprint density at radius 1 is 1.36 bits per heavy atom. The minimum absolute atomic E-state index is 0.109. The van der Waals surface area contributed by atoms with Gasteiger partial charge >= 0.3 is 0 Å². The summed E-state index contributed by atoms with van der Waals surface area (Å²) in [5, 5.41) is 0. The highest BCUT2D eigenvalue weighted by Crippen LogP contribution is 2.25. The summed E-state index contributed by atoms with van der Waals surface area (Å²) in [6.07, 6.45) is 1.88. The average molecular weight is 340 g/mol. The highest BCUT2D eigenvalue weighted by molar-refractivity contribution is 5.81. The Morgan fingerprint density at radius 2 is 2.12 bits per heavy atom. The number of likely N-dealkylation sites (N-methyl/N-ethyl adjacent to an activating group) is 1. The van der Waals surface area contributed by atoms with E-state index >= 15 is 0 Å². The number of hydrogen-bond donors (Lipinski definition) is 1. The number of likely N-dealkylation sites (tertiary alicyclic amines) is 1. The molecule has 6 nitrogen and oxygen atoms in total. The minimum Gasteiger partial charge on any atom is -0.365 e. The Hall–Kier alpha value is -2.63. The summed E-state index contributed by atoms with van der Waals surface area (Å²) >= 11 is 0. The number of rotatable bonds is 4. The zero-order chi connectivity index (χ0) is 17.8. The molecule has 0 bridgehead atoms. The molecule has 132 valence electrons. The van der Waals surface area contributed by atoms with Gasteiger partial charge < -0.3 is 14.8 Å². The SMILES string of the molecule is Cc1nc([C@@H]2CCCN(C(=O)CN(C)c3ccccc3)C2)cc(=O)[nH]1. The first-order valence-electron chi connectivity index (χ1n) is 8.65. The van der Waals surface area contributed by atoms with E-state index in [-0.39, 0.29) is 17.4 Å². The molecular weight excluding hydrogens is 316 g/mol. The predicted molar refractivity (Wildman–Crippen MR) is 97.9 cm³/mol. The fourth-order valence-electron chi connectivity index (χ4n) is 3.33. The van der Waals surface area contributed by atoms with Crippen molar-refractivity contribution in [2.75, 3.05) is 31.6 Å². The third kappa shape index (κ3) is 4.26. The molecule has 0 radical (unpaired) electrons. The van der Waals surface area contributed by atoms with Crippen molar-refractivity contribution in [1.29, 1.82) is 0 Å². The van der Waals surface area contributed by atoms with Crippen molar-refractivity contribution in [2.45, 2.75) is 25.7 Å². The number of hydrogen-bond acceptors (Lipinski definition) is 4. The molecule has 1 fully saturated rings. The molecule has 1 amide bonds. The Kier molecular flexibility index (Phi) is 5.16. The minimum atomic E-state index is -0.130. The highest BCUT2D eigenvalue weighted by Gasteiger charge is 2.26. The van der Waals surface area contributed by atoms with Gasteiger partial charge in [-0.25, -0.2) is 4.98 Å². The molecule has 6 heteroatoms. The fourth-order valence-corrected chi connectivity index (χ4v) is 3.33. The quantitative estimate of drug-likeness (QED) is 0.923. The van der Waals surface area contributed by atoms with Crippen molar-refractivity contribution in [3.8, 4) is 0 Å². The summed E-state index contributed by atoms with van der Waals surface area (Å²) in [6, 6.07) is 11.4. The number of carbonyl (C=O) groups is 1. The molecule has 0 spiro atoms. The van der Waals surface area contributed by atoms with Crippen LogP contribution in [0.3, 0.4) is 0 Å². The first-order chi connectivity index (χ1) is 12.0. The van der Waals surface area contributed by atoms with E-state index in [0.29, 0.717) is 18.9 Å². The van der Waals surface area contributed by atoms with Crippen LogP contribution in [0.4, 0.5) is 5.69 Å². The maximum Gasteiger partial charge on any atom is 0.251 e. The molecule has 0 unspecified atom stereocenters. The number of aromatic amines is 1. The predicted octanol–water partition coefficient (Wildman–Crippen LogP) is 1.92. The zero-order valence-electron chi connectivity index (χ0n) is 14.7. The van der Waals surface area contributed by atoms with Crippen molar-refractivity contribution in [3.63, 3.8) is 0 Å². The van der Waals surface area contributed by atoms with E-state index in [2.05, 4.69) is 9.97 Å².